The van der Waals surface area contributed by atoms with Gasteiger partial charge in [-0.05, 0) is 31.4 Å². The topological polar surface area (TPSA) is 42.0 Å². The summed E-state index contributed by atoms with van der Waals surface area (Å²) in [6.45, 7) is 1.85. The molecule has 1 aliphatic carbocycles. The van der Waals surface area contributed by atoms with Gasteiger partial charge in [-0.15, -0.1) is 0 Å². The molecule has 1 N–H and O–H groups in total. The number of nitrogens with zero attached hydrogens (tertiary/aromatic N) is 1. The summed E-state index contributed by atoms with van der Waals surface area (Å²) in [4.78, 5) is 16.3. The van der Waals surface area contributed by atoms with Crippen molar-refractivity contribution in [3.8, 4) is 0 Å². The third-order valence-corrected chi connectivity index (χ3v) is 3.82. The number of aromatic nitrogens is 1. The van der Waals surface area contributed by atoms with Gasteiger partial charge < -0.3 is 5.32 Å². The zero-order valence-electron chi connectivity index (χ0n) is 11.2. The Kier molecular flexibility index (Phi) is 4.87. The molecule has 1 aliphatic rings. The molecular weight excluding hydrogens is 262 g/mol. The fourth-order valence-electron chi connectivity index (χ4n) is 2.49. The molecule has 0 radical (unpaired) electrons. The standard InChI is InChI=1S/C14H20FN2OP/c1-9-7-11(12(13(15)19)16-8-9)14(18)17-10-5-3-2-4-6-10/h7-8,10,13H,2-6,19H2,1H3,(H,17,18). The minimum absolute atomic E-state index is 0.198. The fourth-order valence-corrected chi connectivity index (χ4v) is 2.76. The number of amides is 1. The second-order valence-electron chi connectivity index (χ2n) is 5.16. The van der Waals surface area contributed by atoms with Gasteiger partial charge in [0.25, 0.3) is 5.91 Å². The lowest BCUT2D eigenvalue weighted by molar-refractivity contribution is 0.0925. The van der Waals surface area contributed by atoms with E-state index in [0.717, 1.165) is 31.2 Å². The van der Waals surface area contributed by atoms with Gasteiger partial charge >= 0.3 is 0 Å². The van der Waals surface area contributed by atoms with Gasteiger partial charge in [-0.3, -0.25) is 9.78 Å². The number of aryl methyl sites for hydroxylation is 1. The van der Waals surface area contributed by atoms with Crippen LogP contribution in [0.5, 0.6) is 0 Å². The number of hydrogen-bond donors (Lipinski definition) is 1. The normalized spacial score (nSPS) is 18.1. The van der Waals surface area contributed by atoms with Crippen LogP contribution in [0.3, 0.4) is 0 Å². The van der Waals surface area contributed by atoms with Gasteiger partial charge in [0.05, 0.1) is 11.3 Å². The van der Waals surface area contributed by atoms with E-state index in [4.69, 9.17) is 0 Å². The molecule has 3 nitrogen and oxygen atoms in total. The molecule has 5 heteroatoms. The molecule has 1 amide bonds. The van der Waals surface area contributed by atoms with Crippen molar-refractivity contribution in [2.24, 2.45) is 0 Å². The second-order valence-corrected chi connectivity index (χ2v) is 5.74. The number of rotatable bonds is 3. The highest BCUT2D eigenvalue weighted by Gasteiger charge is 2.21. The summed E-state index contributed by atoms with van der Waals surface area (Å²) in [7, 11) is 2.05. The lowest BCUT2D eigenvalue weighted by atomic mass is 9.95. The van der Waals surface area contributed by atoms with Crippen LogP contribution in [0.2, 0.25) is 0 Å². The van der Waals surface area contributed by atoms with Gasteiger partial charge in [-0.2, -0.15) is 0 Å². The molecule has 0 aliphatic heterocycles. The lowest BCUT2D eigenvalue weighted by Crippen LogP contribution is -2.36. The summed E-state index contributed by atoms with van der Waals surface area (Å²) in [5, 5.41) is 3.00. The molecule has 1 aromatic heterocycles. The van der Waals surface area contributed by atoms with Crippen LogP contribution in [-0.2, 0) is 0 Å². The van der Waals surface area contributed by atoms with Crippen molar-refractivity contribution < 1.29 is 9.18 Å². The zero-order valence-corrected chi connectivity index (χ0v) is 12.3. The maximum absolute atomic E-state index is 13.5. The number of hydrogen-bond acceptors (Lipinski definition) is 2. The van der Waals surface area contributed by atoms with Crippen LogP contribution in [0.15, 0.2) is 12.3 Å². The molecule has 1 saturated carbocycles. The molecule has 1 aromatic rings. The molecule has 0 saturated heterocycles. The molecule has 19 heavy (non-hydrogen) atoms. The Morgan fingerprint density at radius 1 is 1.47 bits per heavy atom. The first kappa shape index (κ1) is 14.4. The van der Waals surface area contributed by atoms with E-state index in [1.165, 1.54) is 6.42 Å². The summed E-state index contributed by atoms with van der Waals surface area (Å²) in [5.74, 6) is -1.52. The molecule has 0 bridgehead atoms. The van der Waals surface area contributed by atoms with Crippen molar-refractivity contribution in [3.05, 3.63) is 29.1 Å². The minimum Gasteiger partial charge on any atom is -0.349 e. The monoisotopic (exact) mass is 282 g/mol. The molecule has 1 heterocycles. The average molecular weight is 282 g/mol. The third kappa shape index (κ3) is 3.73. The number of carbonyl (C=O) groups is 1. The Morgan fingerprint density at radius 3 is 2.79 bits per heavy atom. The molecule has 2 unspecified atom stereocenters. The van der Waals surface area contributed by atoms with Gasteiger partial charge in [0.15, 0.2) is 5.91 Å². The van der Waals surface area contributed by atoms with Crippen molar-refractivity contribution in [3.63, 3.8) is 0 Å². The zero-order chi connectivity index (χ0) is 13.8. The highest BCUT2D eigenvalue weighted by atomic mass is 31.0. The predicted octanol–water partition coefficient (Wildman–Crippen LogP) is 3.30. The molecule has 0 aromatic carbocycles. The maximum Gasteiger partial charge on any atom is 0.253 e. The van der Waals surface area contributed by atoms with Crippen LogP contribution in [0, 0.1) is 6.92 Å². The van der Waals surface area contributed by atoms with E-state index in [2.05, 4.69) is 10.3 Å². The Morgan fingerprint density at radius 2 is 2.16 bits per heavy atom. The molecule has 2 rings (SSSR count). The summed E-state index contributed by atoms with van der Waals surface area (Å²) in [6.07, 6.45) is 7.16. The van der Waals surface area contributed by atoms with Crippen molar-refractivity contribution in [2.75, 3.05) is 0 Å². The lowest BCUT2D eigenvalue weighted by Gasteiger charge is -2.23. The van der Waals surface area contributed by atoms with E-state index in [0.29, 0.717) is 5.56 Å². The van der Waals surface area contributed by atoms with Crippen LogP contribution in [-0.4, -0.2) is 16.9 Å². The summed E-state index contributed by atoms with van der Waals surface area (Å²) in [6, 6.07) is 1.93. The molecule has 104 valence electrons. The highest BCUT2D eigenvalue weighted by molar-refractivity contribution is 7.16. The van der Waals surface area contributed by atoms with E-state index in [-0.39, 0.29) is 17.6 Å². The second kappa shape index (κ2) is 6.42. The van der Waals surface area contributed by atoms with Crippen molar-refractivity contribution in [1.29, 1.82) is 0 Å². The first-order chi connectivity index (χ1) is 9.08. The largest absolute Gasteiger partial charge is 0.349 e. The Balaban J connectivity index is 2.15. The average Bonchev–Trinajstić information content (AvgIpc) is 2.39. The summed E-state index contributed by atoms with van der Waals surface area (Å²) >= 11 is 0. The molecule has 2 atom stereocenters. The quantitative estimate of drug-likeness (QED) is 0.864. The Bertz CT molecular complexity index is 459. The molecular formula is C14H20FN2OP. The van der Waals surface area contributed by atoms with Gasteiger partial charge in [-0.1, -0.05) is 28.5 Å². The fraction of sp³-hybridized carbons (Fsp3) is 0.571. The van der Waals surface area contributed by atoms with Crippen LogP contribution in [0.25, 0.3) is 0 Å². The highest BCUT2D eigenvalue weighted by Crippen LogP contribution is 2.26. The third-order valence-electron chi connectivity index (χ3n) is 3.50. The van der Waals surface area contributed by atoms with E-state index >= 15 is 0 Å². The minimum atomic E-state index is -1.31. The number of halogens is 1. The number of pyridine rings is 1. The van der Waals surface area contributed by atoms with Crippen molar-refractivity contribution in [1.82, 2.24) is 10.3 Å². The molecule has 0 spiro atoms. The number of carbonyl (C=O) groups excluding carboxylic acids is 1. The summed E-state index contributed by atoms with van der Waals surface area (Å²) < 4.78 is 13.5. The van der Waals surface area contributed by atoms with Crippen LogP contribution in [0.1, 0.15) is 59.6 Å². The maximum atomic E-state index is 13.5. The van der Waals surface area contributed by atoms with E-state index < -0.39 is 5.91 Å². The van der Waals surface area contributed by atoms with Gasteiger partial charge in [0.1, 0.15) is 0 Å². The number of nitrogens with one attached hydrogen (secondary N) is 1. The van der Waals surface area contributed by atoms with Crippen molar-refractivity contribution >= 4 is 15.1 Å². The SMILES string of the molecule is Cc1cnc(C(F)P)c(C(=O)NC2CCCCC2)c1. The first-order valence-electron chi connectivity index (χ1n) is 6.75. The van der Waals surface area contributed by atoms with E-state index in [9.17, 15) is 9.18 Å². The van der Waals surface area contributed by atoms with Gasteiger partial charge in [-0.25, -0.2) is 4.39 Å². The smallest absolute Gasteiger partial charge is 0.253 e. The van der Waals surface area contributed by atoms with Crippen LogP contribution >= 0.6 is 9.24 Å². The Labute approximate surface area is 115 Å². The Hall–Kier alpha value is -1.02. The van der Waals surface area contributed by atoms with Crippen LogP contribution in [0.4, 0.5) is 4.39 Å². The predicted molar refractivity (Wildman–Crippen MR) is 76.9 cm³/mol. The van der Waals surface area contributed by atoms with Crippen LogP contribution < -0.4 is 5.32 Å². The van der Waals surface area contributed by atoms with Gasteiger partial charge in [0, 0.05) is 12.2 Å². The number of alkyl halides is 1. The van der Waals surface area contributed by atoms with Crippen molar-refractivity contribution in [2.45, 2.75) is 51.0 Å². The van der Waals surface area contributed by atoms with E-state index in [1.54, 1.807) is 12.3 Å². The van der Waals surface area contributed by atoms with Gasteiger partial charge in [0.2, 0.25) is 0 Å². The first-order valence-corrected chi connectivity index (χ1v) is 7.41. The van der Waals surface area contributed by atoms with E-state index in [1.807, 2.05) is 16.2 Å². The molecule has 1 fully saturated rings. The summed E-state index contributed by atoms with van der Waals surface area (Å²) in [5.41, 5.74) is 1.42.